The van der Waals surface area contributed by atoms with Crippen LogP contribution in [0.15, 0.2) is 22.4 Å². The summed E-state index contributed by atoms with van der Waals surface area (Å²) in [4.78, 5) is 14.8. The maximum absolute atomic E-state index is 12.2. The molecule has 2 aromatic rings. The molecule has 0 bridgehead atoms. The Morgan fingerprint density at radius 2 is 2.13 bits per heavy atom. The minimum absolute atomic E-state index is 0.0652. The van der Waals surface area contributed by atoms with Crippen LogP contribution in [0, 0.1) is 0 Å². The van der Waals surface area contributed by atoms with Crippen molar-refractivity contribution in [2.75, 3.05) is 7.11 Å². The van der Waals surface area contributed by atoms with Crippen LogP contribution in [0.4, 0.5) is 0 Å². The van der Waals surface area contributed by atoms with Gasteiger partial charge in [-0.1, -0.05) is 23.2 Å². The maximum atomic E-state index is 12.2. The minimum Gasteiger partial charge on any atom is -0.505 e. The third kappa shape index (κ3) is 4.12. The lowest BCUT2D eigenvalue weighted by atomic mass is 10.3. The molecule has 0 spiro atoms. The molecule has 1 heterocycles. The van der Waals surface area contributed by atoms with Crippen LogP contribution in [-0.2, 0) is 21.3 Å². The molecule has 0 radical (unpaired) electrons. The van der Waals surface area contributed by atoms with E-state index in [0.29, 0.717) is 5.01 Å². The summed E-state index contributed by atoms with van der Waals surface area (Å²) in [6.07, 6.45) is 0. The first kappa shape index (κ1) is 18.0. The highest BCUT2D eigenvalue weighted by atomic mass is 35.5. The lowest BCUT2D eigenvalue weighted by Crippen LogP contribution is -2.23. The molecule has 0 aliphatic carbocycles. The van der Waals surface area contributed by atoms with E-state index in [2.05, 4.69) is 14.4 Å². The Balaban J connectivity index is 2.19. The Morgan fingerprint density at radius 3 is 2.78 bits per heavy atom. The summed E-state index contributed by atoms with van der Waals surface area (Å²) in [6.45, 7) is -0.173. The molecule has 124 valence electrons. The predicted octanol–water partition coefficient (Wildman–Crippen LogP) is 2.42. The number of hydrogen-bond acceptors (Lipinski definition) is 7. The van der Waals surface area contributed by atoms with Crippen molar-refractivity contribution in [2.24, 2.45) is 0 Å². The smallest absolute Gasteiger partial charge is 0.357 e. The molecule has 0 fully saturated rings. The second kappa shape index (κ2) is 7.02. The second-order valence-corrected chi connectivity index (χ2v) is 7.70. The zero-order chi connectivity index (χ0) is 17.2. The van der Waals surface area contributed by atoms with E-state index < -0.39 is 26.6 Å². The van der Waals surface area contributed by atoms with Crippen molar-refractivity contribution in [1.29, 1.82) is 0 Å². The molecular weight excluding hydrogens is 387 g/mol. The molecule has 2 N–H and O–H groups in total. The number of nitrogens with zero attached hydrogens (tertiary/aromatic N) is 1. The van der Waals surface area contributed by atoms with E-state index in [9.17, 15) is 18.3 Å². The Kier molecular flexibility index (Phi) is 5.48. The first-order chi connectivity index (χ1) is 10.7. The number of carbonyl (C=O) groups excluding carboxylic acids is 1. The van der Waals surface area contributed by atoms with E-state index >= 15 is 0 Å². The number of ether oxygens (including phenoxy) is 1. The molecule has 0 aliphatic heterocycles. The van der Waals surface area contributed by atoms with Crippen LogP contribution in [0.2, 0.25) is 10.0 Å². The van der Waals surface area contributed by atoms with Gasteiger partial charge >= 0.3 is 5.97 Å². The number of phenols is 1. The van der Waals surface area contributed by atoms with Gasteiger partial charge in [-0.05, 0) is 12.1 Å². The fraction of sp³-hybridized carbons (Fsp3) is 0.167. The van der Waals surface area contributed by atoms with E-state index in [1.54, 1.807) is 0 Å². The molecule has 23 heavy (non-hydrogen) atoms. The Bertz CT molecular complexity index is 851. The van der Waals surface area contributed by atoms with Gasteiger partial charge in [0.05, 0.1) is 18.7 Å². The number of sulfonamides is 1. The van der Waals surface area contributed by atoms with Gasteiger partial charge in [0, 0.05) is 10.4 Å². The van der Waals surface area contributed by atoms with Gasteiger partial charge in [0.25, 0.3) is 0 Å². The first-order valence-corrected chi connectivity index (χ1v) is 9.07. The Labute approximate surface area is 145 Å². The number of hydrogen-bond donors (Lipinski definition) is 2. The summed E-state index contributed by atoms with van der Waals surface area (Å²) in [7, 11) is -2.85. The highest BCUT2D eigenvalue weighted by Gasteiger charge is 2.22. The van der Waals surface area contributed by atoms with Gasteiger partial charge < -0.3 is 9.84 Å². The zero-order valence-electron chi connectivity index (χ0n) is 11.5. The first-order valence-electron chi connectivity index (χ1n) is 5.95. The monoisotopic (exact) mass is 396 g/mol. The number of carbonyl (C=O) groups is 1. The van der Waals surface area contributed by atoms with Gasteiger partial charge in [0.1, 0.15) is 9.90 Å². The Morgan fingerprint density at radius 1 is 1.43 bits per heavy atom. The highest BCUT2D eigenvalue weighted by molar-refractivity contribution is 7.89. The van der Waals surface area contributed by atoms with E-state index in [4.69, 9.17) is 23.2 Å². The number of aromatic nitrogens is 1. The average Bonchev–Trinajstić information content (AvgIpc) is 2.97. The molecule has 11 heteroatoms. The van der Waals surface area contributed by atoms with E-state index in [-0.39, 0.29) is 22.3 Å². The topological polar surface area (TPSA) is 106 Å². The summed E-state index contributed by atoms with van der Waals surface area (Å²) >= 11 is 12.5. The number of thiazole rings is 1. The third-order valence-electron chi connectivity index (χ3n) is 2.64. The maximum Gasteiger partial charge on any atom is 0.357 e. The Hall–Kier alpha value is -1.39. The average molecular weight is 397 g/mol. The summed E-state index contributed by atoms with van der Waals surface area (Å²) in [5.41, 5.74) is 0.0837. The summed E-state index contributed by atoms with van der Waals surface area (Å²) in [5.74, 6) is -1.22. The van der Waals surface area contributed by atoms with E-state index in [1.807, 2.05) is 0 Å². The highest BCUT2D eigenvalue weighted by Crippen LogP contribution is 2.34. The van der Waals surface area contributed by atoms with Crippen LogP contribution in [0.5, 0.6) is 5.75 Å². The molecule has 7 nitrogen and oxygen atoms in total. The molecule has 0 aliphatic rings. The largest absolute Gasteiger partial charge is 0.505 e. The molecule has 0 amide bonds. The number of nitrogens with one attached hydrogen (secondary N) is 1. The zero-order valence-corrected chi connectivity index (χ0v) is 14.7. The molecule has 2 rings (SSSR count). The van der Waals surface area contributed by atoms with Gasteiger partial charge in [-0.15, -0.1) is 11.3 Å². The number of aromatic hydroxyl groups is 1. The van der Waals surface area contributed by atoms with Crippen LogP contribution in [0.1, 0.15) is 15.5 Å². The fourth-order valence-corrected chi connectivity index (χ4v) is 4.11. The van der Waals surface area contributed by atoms with Crippen molar-refractivity contribution in [3.05, 3.63) is 38.3 Å². The summed E-state index contributed by atoms with van der Waals surface area (Å²) < 4.78 is 31.2. The second-order valence-electron chi connectivity index (χ2n) is 4.18. The normalized spacial score (nSPS) is 11.4. The standard InChI is InChI=1S/C12H10Cl2N2O5S2/c1-21-12(18)8-5-22-10(16-8)4-15-23(19,20)9-3-6(13)2-7(14)11(9)17/h2-3,5,15,17H,4H2,1H3. The number of rotatable bonds is 5. The molecular formula is C12H10Cl2N2O5S2. The SMILES string of the molecule is COC(=O)c1csc(CNS(=O)(=O)c2cc(Cl)cc(Cl)c2O)n1. The van der Waals surface area contributed by atoms with E-state index in [1.165, 1.54) is 18.6 Å². The van der Waals surface area contributed by atoms with Crippen LogP contribution in [0.25, 0.3) is 0 Å². The van der Waals surface area contributed by atoms with Crippen LogP contribution in [0.3, 0.4) is 0 Å². The van der Waals surface area contributed by atoms with Gasteiger partial charge in [0.2, 0.25) is 10.0 Å². The van der Waals surface area contributed by atoms with Gasteiger partial charge in [0.15, 0.2) is 11.4 Å². The van der Waals surface area contributed by atoms with Gasteiger partial charge in [-0.25, -0.2) is 22.9 Å². The van der Waals surface area contributed by atoms with Crippen molar-refractivity contribution in [2.45, 2.75) is 11.4 Å². The number of phenolic OH excluding ortho intramolecular Hbond substituents is 1. The van der Waals surface area contributed by atoms with Crippen molar-refractivity contribution >= 4 is 50.5 Å². The summed E-state index contributed by atoms with van der Waals surface area (Å²) in [5, 5.41) is 11.5. The minimum atomic E-state index is -4.07. The molecule has 0 unspecified atom stereocenters. The fourth-order valence-electron chi connectivity index (χ4n) is 1.57. The van der Waals surface area contributed by atoms with E-state index in [0.717, 1.165) is 17.4 Å². The van der Waals surface area contributed by atoms with Gasteiger partial charge in [-0.3, -0.25) is 0 Å². The molecule has 1 aromatic heterocycles. The van der Waals surface area contributed by atoms with Crippen molar-refractivity contribution in [3.8, 4) is 5.75 Å². The van der Waals surface area contributed by atoms with Crippen molar-refractivity contribution < 1.29 is 23.1 Å². The number of methoxy groups -OCH3 is 1. The van der Waals surface area contributed by atoms with Crippen LogP contribution >= 0.6 is 34.5 Å². The lowest BCUT2D eigenvalue weighted by Gasteiger charge is -2.09. The van der Waals surface area contributed by atoms with Crippen molar-refractivity contribution in [3.63, 3.8) is 0 Å². The lowest BCUT2D eigenvalue weighted by molar-refractivity contribution is 0.0594. The summed E-state index contributed by atoms with van der Waals surface area (Å²) in [6, 6.07) is 2.30. The quantitative estimate of drug-likeness (QED) is 0.751. The number of esters is 1. The molecule has 0 saturated carbocycles. The van der Waals surface area contributed by atoms with Gasteiger partial charge in [-0.2, -0.15) is 0 Å². The third-order valence-corrected chi connectivity index (χ3v) is 5.41. The van der Waals surface area contributed by atoms with Crippen molar-refractivity contribution in [1.82, 2.24) is 9.71 Å². The number of benzene rings is 1. The molecule has 0 saturated heterocycles. The predicted molar refractivity (Wildman–Crippen MR) is 85.6 cm³/mol. The molecule has 0 atom stereocenters. The molecule has 1 aromatic carbocycles. The van der Waals surface area contributed by atoms with Crippen LogP contribution in [-0.4, -0.2) is 31.6 Å². The number of halogens is 2. The van der Waals surface area contributed by atoms with Crippen LogP contribution < -0.4 is 4.72 Å².